The molecule has 8 nitrogen and oxygen atoms in total. The predicted octanol–water partition coefficient (Wildman–Crippen LogP) is 2.15. The fourth-order valence-electron chi connectivity index (χ4n) is 3.38. The molecule has 2 fully saturated rings. The average molecular weight is 349 g/mol. The van der Waals surface area contributed by atoms with E-state index in [1.54, 1.807) is 18.2 Å². The number of anilines is 1. The molecule has 0 radical (unpaired) electrons. The quantitative estimate of drug-likeness (QED) is 0.625. The van der Waals surface area contributed by atoms with E-state index in [0.29, 0.717) is 32.0 Å². The predicted molar refractivity (Wildman–Crippen MR) is 91.2 cm³/mol. The van der Waals surface area contributed by atoms with Crippen molar-refractivity contribution >= 4 is 17.3 Å². The first kappa shape index (κ1) is 17.6. The topological polar surface area (TPSA) is 93.9 Å². The second-order valence-corrected chi connectivity index (χ2v) is 6.21. The molecule has 136 valence electrons. The SMILES string of the molecule is O=C(CCNc1ccccc1[N+](=O)[O-])N1CCCCC1C1OCCO1. The number of ether oxygens (including phenoxy) is 2. The van der Waals surface area contributed by atoms with Gasteiger partial charge in [-0.1, -0.05) is 12.1 Å². The van der Waals surface area contributed by atoms with Crippen molar-refractivity contribution in [3.8, 4) is 0 Å². The third-order valence-corrected chi connectivity index (χ3v) is 4.59. The smallest absolute Gasteiger partial charge is 0.292 e. The molecule has 1 aromatic carbocycles. The highest BCUT2D eigenvalue weighted by molar-refractivity contribution is 5.77. The Balaban J connectivity index is 1.55. The van der Waals surface area contributed by atoms with E-state index in [2.05, 4.69) is 5.32 Å². The van der Waals surface area contributed by atoms with Crippen LogP contribution in [0.3, 0.4) is 0 Å². The summed E-state index contributed by atoms with van der Waals surface area (Å²) in [5.41, 5.74) is 0.441. The van der Waals surface area contributed by atoms with Crippen molar-refractivity contribution < 1.29 is 19.2 Å². The maximum Gasteiger partial charge on any atom is 0.292 e. The summed E-state index contributed by atoms with van der Waals surface area (Å²) < 4.78 is 11.2. The van der Waals surface area contributed by atoms with Crippen molar-refractivity contribution in [1.29, 1.82) is 0 Å². The summed E-state index contributed by atoms with van der Waals surface area (Å²) in [6, 6.07) is 6.41. The van der Waals surface area contributed by atoms with E-state index in [1.165, 1.54) is 6.07 Å². The Kier molecular flexibility index (Phi) is 5.83. The lowest BCUT2D eigenvalue weighted by Crippen LogP contribution is -2.50. The van der Waals surface area contributed by atoms with Crippen molar-refractivity contribution in [2.75, 3.05) is 31.6 Å². The van der Waals surface area contributed by atoms with Crippen molar-refractivity contribution in [2.45, 2.75) is 38.0 Å². The minimum atomic E-state index is -0.431. The number of carbonyl (C=O) groups is 1. The molecule has 1 aromatic rings. The molecule has 2 aliphatic heterocycles. The van der Waals surface area contributed by atoms with E-state index >= 15 is 0 Å². The number of rotatable bonds is 6. The zero-order chi connectivity index (χ0) is 17.6. The molecule has 2 aliphatic rings. The molecule has 1 N–H and O–H groups in total. The first-order chi connectivity index (χ1) is 12.2. The van der Waals surface area contributed by atoms with E-state index in [9.17, 15) is 14.9 Å². The molecule has 3 rings (SSSR count). The Morgan fingerprint density at radius 1 is 1.28 bits per heavy atom. The second kappa shape index (κ2) is 8.26. The average Bonchev–Trinajstić information content (AvgIpc) is 3.16. The summed E-state index contributed by atoms with van der Waals surface area (Å²) in [6.45, 7) is 2.20. The lowest BCUT2D eigenvalue weighted by Gasteiger charge is -2.38. The second-order valence-electron chi connectivity index (χ2n) is 6.21. The monoisotopic (exact) mass is 349 g/mol. The van der Waals surface area contributed by atoms with Gasteiger partial charge in [-0.05, 0) is 25.3 Å². The fraction of sp³-hybridized carbons (Fsp3) is 0.588. The number of benzene rings is 1. The number of nitro benzene ring substituents is 1. The van der Waals surface area contributed by atoms with Crippen LogP contribution in [0.2, 0.25) is 0 Å². The number of carbonyl (C=O) groups excluding carboxylic acids is 1. The van der Waals surface area contributed by atoms with E-state index in [-0.39, 0.29) is 30.3 Å². The van der Waals surface area contributed by atoms with E-state index in [4.69, 9.17) is 9.47 Å². The Morgan fingerprint density at radius 3 is 2.80 bits per heavy atom. The van der Waals surface area contributed by atoms with Crippen LogP contribution in [0.4, 0.5) is 11.4 Å². The van der Waals surface area contributed by atoms with Crippen molar-refractivity contribution in [3.05, 3.63) is 34.4 Å². The van der Waals surface area contributed by atoms with Gasteiger partial charge in [-0.2, -0.15) is 0 Å². The van der Waals surface area contributed by atoms with Crippen LogP contribution in [0, 0.1) is 10.1 Å². The summed E-state index contributed by atoms with van der Waals surface area (Å²) in [7, 11) is 0. The zero-order valence-corrected chi connectivity index (χ0v) is 14.1. The van der Waals surface area contributed by atoms with Crippen molar-refractivity contribution in [2.24, 2.45) is 0 Å². The zero-order valence-electron chi connectivity index (χ0n) is 14.1. The lowest BCUT2D eigenvalue weighted by molar-refractivity contribution is -0.384. The number of amides is 1. The molecule has 8 heteroatoms. The van der Waals surface area contributed by atoms with Crippen LogP contribution in [0.1, 0.15) is 25.7 Å². The third kappa shape index (κ3) is 4.26. The number of para-hydroxylation sites is 2. The molecular weight excluding hydrogens is 326 g/mol. The fourth-order valence-corrected chi connectivity index (χ4v) is 3.38. The summed E-state index contributed by atoms with van der Waals surface area (Å²) in [4.78, 5) is 25.1. The van der Waals surface area contributed by atoms with Crippen LogP contribution in [-0.2, 0) is 14.3 Å². The van der Waals surface area contributed by atoms with Crippen molar-refractivity contribution in [3.63, 3.8) is 0 Å². The molecule has 2 heterocycles. The summed E-state index contributed by atoms with van der Waals surface area (Å²) in [5.74, 6) is 0.0230. The number of hydrogen-bond acceptors (Lipinski definition) is 6. The van der Waals surface area contributed by atoms with Gasteiger partial charge in [-0.25, -0.2) is 0 Å². The molecule has 0 saturated carbocycles. The van der Waals surface area contributed by atoms with Gasteiger partial charge in [0.1, 0.15) is 5.69 Å². The minimum absolute atomic E-state index is 0.0125. The molecule has 1 amide bonds. The molecule has 0 spiro atoms. The van der Waals surface area contributed by atoms with Gasteiger partial charge in [0.15, 0.2) is 6.29 Å². The van der Waals surface area contributed by atoms with Crippen LogP contribution >= 0.6 is 0 Å². The Morgan fingerprint density at radius 2 is 2.04 bits per heavy atom. The first-order valence-electron chi connectivity index (χ1n) is 8.67. The van der Waals surface area contributed by atoms with E-state index < -0.39 is 4.92 Å². The van der Waals surface area contributed by atoms with Crippen LogP contribution in [0.15, 0.2) is 24.3 Å². The van der Waals surface area contributed by atoms with Gasteiger partial charge >= 0.3 is 0 Å². The number of nitrogens with zero attached hydrogens (tertiary/aromatic N) is 2. The van der Waals surface area contributed by atoms with E-state index in [0.717, 1.165) is 19.3 Å². The van der Waals surface area contributed by atoms with Crippen LogP contribution in [0.5, 0.6) is 0 Å². The molecule has 0 aliphatic carbocycles. The van der Waals surface area contributed by atoms with Crippen LogP contribution in [0.25, 0.3) is 0 Å². The van der Waals surface area contributed by atoms with Crippen LogP contribution < -0.4 is 5.32 Å². The molecule has 1 atom stereocenters. The number of piperidine rings is 1. The third-order valence-electron chi connectivity index (χ3n) is 4.59. The molecule has 0 aromatic heterocycles. The maximum absolute atomic E-state index is 12.6. The lowest BCUT2D eigenvalue weighted by atomic mass is 10.0. The van der Waals surface area contributed by atoms with Gasteiger partial charge < -0.3 is 19.7 Å². The summed E-state index contributed by atoms with van der Waals surface area (Å²) in [5, 5.41) is 14.0. The highest BCUT2D eigenvalue weighted by Gasteiger charge is 2.35. The first-order valence-corrected chi connectivity index (χ1v) is 8.67. The van der Waals surface area contributed by atoms with Gasteiger partial charge in [0, 0.05) is 25.6 Å². The Bertz CT molecular complexity index is 618. The summed E-state index contributed by atoms with van der Waals surface area (Å²) >= 11 is 0. The normalized spacial score (nSPS) is 21.3. The number of nitro groups is 1. The largest absolute Gasteiger partial charge is 0.379 e. The van der Waals surface area contributed by atoms with Crippen molar-refractivity contribution in [1.82, 2.24) is 4.90 Å². The molecule has 1 unspecified atom stereocenters. The number of likely N-dealkylation sites (tertiary alicyclic amines) is 1. The highest BCUT2D eigenvalue weighted by Crippen LogP contribution is 2.26. The minimum Gasteiger partial charge on any atom is -0.379 e. The van der Waals surface area contributed by atoms with Gasteiger partial charge in [-0.15, -0.1) is 0 Å². The van der Waals surface area contributed by atoms with Gasteiger partial charge in [-0.3, -0.25) is 14.9 Å². The number of hydrogen-bond donors (Lipinski definition) is 1. The van der Waals surface area contributed by atoms with E-state index in [1.807, 2.05) is 4.90 Å². The standard InChI is InChI=1S/C17H23N3O5/c21-16(8-9-18-13-5-1-2-6-14(13)20(22)23)19-10-4-3-7-15(19)17-24-11-12-25-17/h1-2,5-6,15,17-18H,3-4,7-12H2. The Labute approximate surface area is 146 Å². The van der Waals surface area contributed by atoms with Gasteiger partial charge in [0.2, 0.25) is 5.91 Å². The van der Waals surface area contributed by atoms with Gasteiger partial charge in [0.05, 0.1) is 24.2 Å². The highest BCUT2D eigenvalue weighted by atomic mass is 16.7. The molecular formula is C17H23N3O5. The number of nitrogens with one attached hydrogen (secondary N) is 1. The maximum atomic E-state index is 12.6. The van der Waals surface area contributed by atoms with Crippen LogP contribution in [-0.4, -0.2) is 54.4 Å². The summed E-state index contributed by atoms with van der Waals surface area (Å²) in [6.07, 6.45) is 2.87. The molecule has 25 heavy (non-hydrogen) atoms. The molecule has 0 bridgehead atoms. The Hall–Kier alpha value is -2.19. The molecule has 2 saturated heterocycles. The van der Waals surface area contributed by atoms with Gasteiger partial charge in [0.25, 0.3) is 5.69 Å².